The number of halogens is 1. The summed E-state index contributed by atoms with van der Waals surface area (Å²) in [6.45, 7) is 2.27. The van der Waals surface area contributed by atoms with Gasteiger partial charge in [-0.2, -0.15) is 0 Å². The zero-order valence-corrected chi connectivity index (χ0v) is 18.7. The molecule has 0 fully saturated rings. The number of carbonyl (C=O) groups is 1. The Morgan fingerprint density at radius 3 is 1.65 bits per heavy atom. The first-order valence-corrected chi connectivity index (χ1v) is 11.7. The highest BCUT2D eigenvalue weighted by Gasteiger charge is 2.18. The lowest BCUT2D eigenvalue weighted by Crippen LogP contribution is -2.11. The van der Waals surface area contributed by atoms with Crippen molar-refractivity contribution < 1.29 is 9.90 Å². The lowest BCUT2D eigenvalue weighted by atomic mass is 9.93. The first-order chi connectivity index (χ1) is 12.6. The molecule has 1 unspecified atom stereocenters. The summed E-state index contributed by atoms with van der Waals surface area (Å²) in [5.74, 6) is -1.04. The van der Waals surface area contributed by atoms with Gasteiger partial charge in [-0.25, -0.2) is 0 Å². The van der Waals surface area contributed by atoms with E-state index >= 15 is 0 Å². The van der Waals surface area contributed by atoms with Crippen LogP contribution < -0.4 is 0 Å². The summed E-state index contributed by atoms with van der Waals surface area (Å²) < 4.78 is 1.15. The molecule has 1 aromatic carbocycles. The molecule has 0 bridgehead atoms. The fourth-order valence-corrected chi connectivity index (χ4v) is 3.85. The number of carboxylic acid groups (broad SMARTS) is 1. The molecule has 0 saturated heterocycles. The monoisotopic (exact) mass is 472 g/mol. The number of carboxylic acids is 1. The van der Waals surface area contributed by atoms with Crippen LogP contribution in [0.25, 0.3) is 0 Å². The SMILES string of the molecule is CCCCCCCCCCCCCCCC(C(=O)O)c1ccc(I)cc1. The van der Waals surface area contributed by atoms with Gasteiger partial charge in [0, 0.05) is 3.57 Å². The Bertz CT molecular complexity index is 470. The van der Waals surface area contributed by atoms with Gasteiger partial charge in [0.15, 0.2) is 0 Å². The van der Waals surface area contributed by atoms with Crippen molar-refractivity contribution in [3.8, 4) is 0 Å². The third-order valence-electron chi connectivity index (χ3n) is 5.17. The highest BCUT2D eigenvalue weighted by atomic mass is 127. The molecule has 1 atom stereocenters. The number of rotatable bonds is 16. The summed E-state index contributed by atoms with van der Waals surface area (Å²) in [7, 11) is 0. The molecule has 0 spiro atoms. The average molecular weight is 472 g/mol. The molecule has 0 aliphatic carbocycles. The minimum Gasteiger partial charge on any atom is -0.481 e. The van der Waals surface area contributed by atoms with E-state index in [1.165, 1.54) is 70.6 Å². The number of aliphatic carboxylic acids is 1. The number of hydrogen-bond acceptors (Lipinski definition) is 1. The van der Waals surface area contributed by atoms with E-state index in [0.29, 0.717) is 0 Å². The van der Waals surface area contributed by atoms with E-state index in [9.17, 15) is 9.90 Å². The minimum atomic E-state index is -0.690. The van der Waals surface area contributed by atoms with E-state index in [4.69, 9.17) is 0 Å². The van der Waals surface area contributed by atoms with Crippen LogP contribution in [0.3, 0.4) is 0 Å². The smallest absolute Gasteiger partial charge is 0.310 e. The van der Waals surface area contributed by atoms with Crippen LogP contribution in [0.1, 0.15) is 108 Å². The van der Waals surface area contributed by atoms with Crippen molar-refractivity contribution in [2.45, 2.75) is 103 Å². The molecule has 0 aliphatic rings. The Hall–Kier alpha value is -0.580. The van der Waals surface area contributed by atoms with Crippen molar-refractivity contribution in [3.63, 3.8) is 0 Å². The predicted molar refractivity (Wildman–Crippen MR) is 120 cm³/mol. The molecule has 0 aliphatic heterocycles. The maximum absolute atomic E-state index is 11.5. The molecular weight excluding hydrogens is 435 g/mol. The van der Waals surface area contributed by atoms with E-state index in [0.717, 1.165) is 28.4 Å². The van der Waals surface area contributed by atoms with Gasteiger partial charge in [0.2, 0.25) is 0 Å². The van der Waals surface area contributed by atoms with Crippen LogP contribution in [0, 0.1) is 3.57 Å². The van der Waals surface area contributed by atoms with Crippen molar-refractivity contribution in [1.82, 2.24) is 0 Å². The molecule has 0 amide bonds. The van der Waals surface area contributed by atoms with Crippen molar-refractivity contribution in [2.75, 3.05) is 0 Å². The molecular formula is C23H37IO2. The second-order valence-corrected chi connectivity index (χ2v) is 8.72. The Balaban J connectivity index is 2.01. The fourth-order valence-electron chi connectivity index (χ4n) is 3.49. The largest absolute Gasteiger partial charge is 0.481 e. The van der Waals surface area contributed by atoms with E-state index in [2.05, 4.69) is 29.5 Å². The van der Waals surface area contributed by atoms with E-state index in [1.54, 1.807) is 0 Å². The molecule has 26 heavy (non-hydrogen) atoms. The highest BCUT2D eigenvalue weighted by Crippen LogP contribution is 2.24. The topological polar surface area (TPSA) is 37.3 Å². The van der Waals surface area contributed by atoms with Crippen LogP contribution in [0.5, 0.6) is 0 Å². The van der Waals surface area contributed by atoms with Crippen LogP contribution in [0.4, 0.5) is 0 Å². The summed E-state index contributed by atoms with van der Waals surface area (Å²) in [6.07, 6.45) is 17.9. The normalized spacial score (nSPS) is 12.2. The van der Waals surface area contributed by atoms with Gasteiger partial charge < -0.3 is 5.11 Å². The molecule has 0 saturated carbocycles. The molecule has 0 heterocycles. The van der Waals surface area contributed by atoms with E-state index < -0.39 is 5.97 Å². The van der Waals surface area contributed by atoms with Crippen molar-refractivity contribution in [1.29, 1.82) is 0 Å². The zero-order chi connectivity index (χ0) is 19.0. The van der Waals surface area contributed by atoms with Gasteiger partial charge in [0.05, 0.1) is 5.92 Å². The van der Waals surface area contributed by atoms with Crippen LogP contribution in [0.2, 0.25) is 0 Å². The number of hydrogen-bond donors (Lipinski definition) is 1. The van der Waals surface area contributed by atoms with Gasteiger partial charge in [-0.05, 0) is 46.7 Å². The molecule has 1 aromatic rings. The van der Waals surface area contributed by atoms with Gasteiger partial charge in [-0.1, -0.05) is 103 Å². The van der Waals surface area contributed by atoms with Gasteiger partial charge in [0.1, 0.15) is 0 Å². The highest BCUT2D eigenvalue weighted by molar-refractivity contribution is 14.1. The van der Waals surface area contributed by atoms with Crippen LogP contribution >= 0.6 is 22.6 Å². The number of unbranched alkanes of at least 4 members (excludes halogenated alkanes) is 12. The molecule has 0 aromatic heterocycles. The second kappa shape index (κ2) is 15.5. The maximum atomic E-state index is 11.5. The predicted octanol–water partition coefficient (Wildman–Crippen LogP) is 7.94. The lowest BCUT2D eigenvalue weighted by Gasteiger charge is -2.12. The molecule has 2 nitrogen and oxygen atoms in total. The lowest BCUT2D eigenvalue weighted by molar-refractivity contribution is -0.139. The van der Waals surface area contributed by atoms with Crippen LogP contribution in [0.15, 0.2) is 24.3 Å². The second-order valence-electron chi connectivity index (χ2n) is 7.47. The van der Waals surface area contributed by atoms with Crippen LogP contribution in [-0.4, -0.2) is 11.1 Å². The molecule has 1 N–H and O–H groups in total. The van der Waals surface area contributed by atoms with Crippen molar-refractivity contribution in [2.24, 2.45) is 0 Å². The Morgan fingerprint density at radius 1 is 0.808 bits per heavy atom. The standard InChI is InChI=1S/C23H37IO2/c1-2-3-4-5-6-7-8-9-10-11-12-13-14-15-22(23(25)26)20-16-18-21(24)19-17-20/h16-19,22H,2-15H2,1H3,(H,25,26). The van der Waals surface area contributed by atoms with Gasteiger partial charge in [0.25, 0.3) is 0 Å². The molecule has 148 valence electrons. The fraction of sp³-hybridized carbons (Fsp3) is 0.696. The van der Waals surface area contributed by atoms with Crippen molar-refractivity contribution >= 4 is 28.6 Å². The first-order valence-electron chi connectivity index (χ1n) is 10.6. The van der Waals surface area contributed by atoms with Crippen LogP contribution in [-0.2, 0) is 4.79 Å². The first kappa shape index (κ1) is 23.5. The Morgan fingerprint density at radius 2 is 1.23 bits per heavy atom. The van der Waals surface area contributed by atoms with Gasteiger partial charge >= 0.3 is 5.97 Å². The third-order valence-corrected chi connectivity index (χ3v) is 5.89. The van der Waals surface area contributed by atoms with E-state index in [-0.39, 0.29) is 5.92 Å². The zero-order valence-electron chi connectivity index (χ0n) is 16.5. The van der Waals surface area contributed by atoms with Gasteiger partial charge in [-0.3, -0.25) is 4.79 Å². The maximum Gasteiger partial charge on any atom is 0.310 e. The summed E-state index contributed by atoms with van der Waals surface area (Å²) in [4.78, 5) is 11.5. The summed E-state index contributed by atoms with van der Waals surface area (Å²) >= 11 is 2.25. The van der Waals surface area contributed by atoms with E-state index in [1.807, 2.05) is 24.3 Å². The van der Waals surface area contributed by atoms with Gasteiger partial charge in [-0.15, -0.1) is 0 Å². The molecule has 1 rings (SSSR count). The molecule has 3 heteroatoms. The minimum absolute atomic E-state index is 0.347. The summed E-state index contributed by atoms with van der Waals surface area (Å²) in [5, 5.41) is 9.49. The molecule has 0 radical (unpaired) electrons. The Labute approximate surface area is 174 Å². The summed E-state index contributed by atoms with van der Waals surface area (Å²) in [6, 6.07) is 7.91. The summed E-state index contributed by atoms with van der Waals surface area (Å²) in [5.41, 5.74) is 0.942. The van der Waals surface area contributed by atoms with Crippen molar-refractivity contribution in [3.05, 3.63) is 33.4 Å². The Kier molecular flexibility index (Phi) is 14.0. The number of benzene rings is 1. The third kappa shape index (κ3) is 11.2. The average Bonchev–Trinajstić information content (AvgIpc) is 2.63. The quantitative estimate of drug-likeness (QED) is 0.196.